The van der Waals surface area contributed by atoms with Crippen molar-refractivity contribution in [2.45, 2.75) is 44.2 Å². The van der Waals surface area contributed by atoms with Gasteiger partial charge in [-0.25, -0.2) is 0 Å². The molecule has 3 nitrogen and oxygen atoms in total. The van der Waals surface area contributed by atoms with Gasteiger partial charge < -0.3 is 15.0 Å². The Kier molecular flexibility index (Phi) is 4.42. The highest BCUT2D eigenvalue weighted by Crippen LogP contribution is 2.15. The van der Waals surface area contributed by atoms with E-state index in [1.165, 1.54) is 45.2 Å². The Morgan fingerprint density at radius 3 is 2.73 bits per heavy atom. The molecule has 1 N–H and O–H groups in total. The standard InChI is InChI=1S/C12H24N2O/c1-14-7-3-2-4-12(14)10-13-11-5-8-15-9-6-11/h11-13H,2-10H2,1H3. The lowest BCUT2D eigenvalue weighted by atomic mass is 10.0. The zero-order valence-corrected chi connectivity index (χ0v) is 9.87. The number of likely N-dealkylation sites (tertiary alicyclic amines) is 1. The number of hydrogen-bond donors (Lipinski definition) is 1. The predicted molar refractivity (Wildman–Crippen MR) is 62.1 cm³/mol. The number of nitrogens with one attached hydrogen (secondary N) is 1. The largest absolute Gasteiger partial charge is 0.381 e. The zero-order chi connectivity index (χ0) is 10.5. The summed E-state index contributed by atoms with van der Waals surface area (Å²) in [4.78, 5) is 2.51. The average Bonchev–Trinajstić information content (AvgIpc) is 2.29. The molecule has 0 saturated carbocycles. The number of rotatable bonds is 3. The lowest BCUT2D eigenvalue weighted by Crippen LogP contribution is -2.46. The fourth-order valence-corrected chi connectivity index (χ4v) is 2.61. The Labute approximate surface area is 93.2 Å². The topological polar surface area (TPSA) is 24.5 Å². The highest BCUT2D eigenvalue weighted by Gasteiger charge is 2.20. The first kappa shape index (κ1) is 11.4. The van der Waals surface area contributed by atoms with Crippen molar-refractivity contribution in [1.82, 2.24) is 10.2 Å². The van der Waals surface area contributed by atoms with Crippen molar-refractivity contribution in [2.75, 3.05) is 33.4 Å². The van der Waals surface area contributed by atoms with Crippen molar-refractivity contribution in [2.24, 2.45) is 0 Å². The summed E-state index contributed by atoms with van der Waals surface area (Å²) in [6.07, 6.45) is 6.54. The molecule has 2 aliphatic rings. The Balaban J connectivity index is 1.67. The van der Waals surface area contributed by atoms with E-state index < -0.39 is 0 Å². The smallest absolute Gasteiger partial charge is 0.0480 e. The van der Waals surface area contributed by atoms with Gasteiger partial charge in [-0.05, 0) is 39.3 Å². The lowest BCUT2D eigenvalue weighted by molar-refractivity contribution is 0.0741. The maximum absolute atomic E-state index is 5.36. The van der Waals surface area contributed by atoms with E-state index in [-0.39, 0.29) is 0 Å². The molecular formula is C12H24N2O. The second-order valence-corrected chi connectivity index (χ2v) is 4.93. The molecule has 1 atom stereocenters. The number of hydrogen-bond acceptors (Lipinski definition) is 3. The average molecular weight is 212 g/mol. The van der Waals surface area contributed by atoms with Crippen LogP contribution in [0.4, 0.5) is 0 Å². The minimum atomic E-state index is 0.703. The van der Waals surface area contributed by atoms with Crippen molar-refractivity contribution in [3.8, 4) is 0 Å². The summed E-state index contributed by atoms with van der Waals surface area (Å²) >= 11 is 0. The molecule has 0 aromatic carbocycles. The normalized spacial score (nSPS) is 30.6. The summed E-state index contributed by atoms with van der Waals surface area (Å²) < 4.78 is 5.36. The summed E-state index contributed by atoms with van der Waals surface area (Å²) in [6.45, 7) is 4.33. The van der Waals surface area contributed by atoms with E-state index in [9.17, 15) is 0 Å². The van der Waals surface area contributed by atoms with Crippen LogP contribution in [-0.4, -0.2) is 50.3 Å². The predicted octanol–water partition coefficient (Wildman–Crippen LogP) is 1.24. The van der Waals surface area contributed by atoms with Gasteiger partial charge in [-0.1, -0.05) is 6.42 Å². The van der Waals surface area contributed by atoms with Gasteiger partial charge in [0, 0.05) is 31.8 Å². The van der Waals surface area contributed by atoms with Crippen LogP contribution < -0.4 is 5.32 Å². The molecule has 2 heterocycles. The molecule has 88 valence electrons. The Morgan fingerprint density at radius 1 is 1.20 bits per heavy atom. The van der Waals surface area contributed by atoms with E-state index in [0.29, 0.717) is 6.04 Å². The van der Waals surface area contributed by atoms with Crippen LogP contribution in [0.25, 0.3) is 0 Å². The molecule has 0 aromatic heterocycles. The van der Waals surface area contributed by atoms with Crippen LogP contribution in [0.1, 0.15) is 32.1 Å². The van der Waals surface area contributed by atoms with E-state index in [2.05, 4.69) is 17.3 Å². The first-order valence-electron chi connectivity index (χ1n) is 6.37. The molecule has 2 saturated heterocycles. The molecule has 0 aromatic rings. The van der Waals surface area contributed by atoms with E-state index >= 15 is 0 Å². The van der Waals surface area contributed by atoms with E-state index in [1.807, 2.05) is 0 Å². The van der Waals surface area contributed by atoms with Gasteiger partial charge in [-0.15, -0.1) is 0 Å². The van der Waals surface area contributed by atoms with Crippen LogP contribution in [0.2, 0.25) is 0 Å². The van der Waals surface area contributed by atoms with Crippen LogP contribution in [-0.2, 0) is 4.74 Å². The van der Waals surface area contributed by atoms with E-state index in [4.69, 9.17) is 4.74 Å². The second-order valence-electron chi connectivity index (χ2n) is 4.93. The van der Waals surface area contributed by atoms with Gasteiger partial charge in [0.15, 0.2) is 0 Å². The van der Waals surface area contributed by atoms with Gasteiger partial charge in [0.05, 0.1) is 0 Å². The molecule has 0 amide bonds. The minimum absolute atomic E-state index is 0.703. The SMILES string of the molecule is CN1CCCCC1CNC1CCOCC1. The third-order valence-corrected chi connectivity index (χ3v) is 3.78. The van der Waals surface area contributed by atoms with Crippen LogP contribution in [0, 0.1) is 0 Å². The van der Waals surface area contributed by atoms with Gasteiger partial charge >= 0.3 is 0 Å². The van der Waals surface area contributed by atoms with Crippen LogP contribution in [0.5, 0.6) is 0 Å². The van der Waals surface area contributed by atoms with E-state index in [1.54, 1.807) is 0 Å². The third kappa shape index (κ3) is 3.44. The Morgan fingerprint density at radius 2 is 2.00 bits per heavy atom. The zero-order valence-electron chi connectivity index (χ0n) is 9.87. The number of likely N-dealkylation sites (N-methyl/N-ethyl adjacent to an activating group) is 1. The molecule has 2 fully saturated rings. The highest BCUT2D eigenvalue weighted by molar-refractivity contribution is 4.79. The van der Waals surface area contributed by atoms with E-state index in [0.717, 1.165) is 19.3 Å². The molecule has 0 aliphatic carbocycles. The maximum Gasteiger partial charge on any atom is 0.0480 e. The molecule has 3 heteroatoms. The summed E-state index contributed by atoms with van der Waals surface area (Å²) in [6, 6.07) is 1.47. The number of piperidine rings is 1. The van der Waals surface area contributed by atoms with Crippen molar-refractivity contribution >= 4 is 0 Å². The molecule has 1 unspecified atom stereocenters. The summed E-state index contributed by atoms with van der Waals surface area (Å²) in [5.74, 6) is 0. The summed E-state index contributed by atoms with van der Waals surface area (Å²) in [5.41, 5.74) is 0. The minimum Gasteiger partial charge on any atom is -0.381 e. The van der Waals surface area contributed by atoms with Crippen LogP contribution in [0.15, 0.2) is 0 Å². The van der Waals surface area contributed by atoms with Crippen LogP contribution >= 0.6 is 0 Å². The summed E-state index contributed by atoms with van der Waals surface area (Å²) in [7, 11) is 2.26. The number of ether oxygens (including phenoxy) is 1. The molecule has 15 heavy (non-hydrogen) atoms. The molecular weight excluding hydrogens is 188 g/mol. The molecule has 2 aliphatic heterocycles. The molecule has 0 radical (unpaired) electrons. The van der Waals surface area contributed by atoms with Crippen molar-refractivity contribution in [3.63, 3.8) is 0 Å². The monoisotopic (exact) mass is 212 g/mol. The second kappa shape index (κ2) is 5.83. The van der Waals surface area contributed by atoms with Crippen LogP contribution in [0.3, 0.4) is 0 Å². The summed E-state index contributed by atoms with van der Waals surface area (Å²) in [5, 5.41) is 3.70. The van der Waals surface area contributed by atoms with Crippen molar-refractivity contribution < 1.29 is 4.74 Å². The first-order valence-corrected chi connectivity index (χ1v) is 6.37. The third-order valence-electron chi connectivity index (χ3n) is 3.78. The van der Waals surface area contributed by atoms with Gasteiger partial charge in [-0.2, -0.15) is 0 Å². The molecule has 0 bridgehead atoms. The van der Waals surface area contributed by atoms with Gasteiger partial charge in [0.25, 0.3) is 0 Å². The Bertz CT molecular complexity index is 180. The van der Waals surface area contributed by atoms with Crippen molar-refractivity contribution in [3.05, 3.63) is 0 Å². The quantitative estimate of drug-likeness (QED) is 0.762. The fourth-order valence-electron chi connectivity index (χ4n) is 2.61. The molecule has 2 rings (SSSR count). The maximum atomic E-state index is 5.36. The lowest BCUT2D eigenvalue weighted by Gasteiger charge is -2.34. The van der Waals surface area contributed by atoms with Gasteiger partial charge in [0.2, 0.25) is 0 Å². The Hall–Kier alpha value is -0.120. The first-order chi connectivity index (χ1) is 7.36. The fraction of sp³-hybridized carbons (Fsp3) is 1.00. The van der Waals surface area contributed by atoms with Crippen molar-refractivity contribution in [1.29, 1.82) is 0 Å². The van der Waals surface area contributed by atoms with Gasteiger partial charge in [0.1, 0.15) is 0 Å². The number of nitrogens with zero attached hydrogens (tertiary/aromatic N) is 1. The van der Waals surface area contributed by atoms with Gasteiger partial charge in [-0.3, -0.25) is 0 Å². The molecule has 0 spiro atoms. The highest BCUT2D eigenvalue weighted by atomic mass is 16.5.